The van der Waals surface area contributed by atoms with Gasteiger partial charge >= 0.3 is 0 Å². The highest BCUT2D eigenvalue weighted by Gasteiger charge is 2.19. The number of ketones is 1. The van der Waals surface area contributed by atoms with Crippen LogP contribution in [0.4, 0.5) is 4.39 Å². The topological polar surface area (TPSA) is 17.1 Å². The molecule has 0 aliphatic rings. The fourth-order valence-corrected chi connectivity index (χ4v) is 2.74. The zero-order chi connectivity index (χ0) is 15.0. The van der Waals surface area contributed by atoms with Crippen molar-refractivity contribution in [2.45, 2.75) is 0 Å². The van der Waals surface area contributed by atoms with Crippen LogP contribution in [-0.4, -0.2) is 5.78 Å². The van der Waals surface area contributed by atoms with Crippen LogP contribution in [0.15, 0.2) is 59.1 Å². The Balaban J connectivity index is 2.20. The van der Waals surface area contributed by atoms with Crippen LogP contribution in [0.3, 0.4) is 0 Å². The van der Waals surface area contributed by atoms with Crippen LogP contribution in [-0.2, 0) is 0 Å². The van der Waals surface area contributed by atoms with Gasteiger partial charge in [0.25, 0.3) is 0 Å². The minimum atomic E-state index is -0.705. The number of hydrogen-bond acceptors (Lipinski definition) is 1. The van der Waals surface area contributed by atoms with Crippen molar-refractivity contribution in [2.75, 3.05) is 0 Å². The molecule has 3 rings (SSSR count). The second-order valence-electron chi connectivity index (χ2n) is 4.58. The zero-order valence-corrected chi connectivity index (χ0v) is 13.1. The van der Waals surface area contributed by atoms with Crippen molar-refractivity contribution in [3.63, 3.8) is 0 Å². The number of rotatable bonds is 2. The van der Waals surface area contributed by atoms with E-state index < -0.39 is 5.82 Å². The maximum atomic E-state index is 14.2. The minimum absolute atomic E-state index is 0.0282. The van der Waals surface area contributed by atoms with E-state index in [2.05, 4.69) is 15.9 Å². The van der Waals surface area contributed by atoms with Crippen LogP contribution in [0.2, 0.25) is 5.02 Å². The lowest BCUT2D eigenvalue weighted by Crippen LogP contribution is -2.05. The van der Waals surface area contributed by atoms with Crippen molar-refractivity contribution in [3.8, 4) is 0 Å². The van der Waals surface area contributed by atoms with Crippen molar-refractivity contribution < 1.29 is 9.18 Å². The lowest BCUT2D eigenvalue weighted by Gasteiger charge is -2.08. The summed E-state index contributed by atoms with van der Waals surface area (Å²) in [4.78, 5) is 12.6. The molecule has 0 fully saturated rings. The smallest absolute Gasteiger partial charge is 0.196 e. The van der Waals surface area contributed by atoms with E-state index >= 15 is 0 Å². The summed E-state index contributed by atoms with van der Waals surface area (Å²) < 4.78 is 14.6. The average molecular weight is 364 g/mol. The quantitative estimate of drug-likeness (QED) is 0.426. The van der Waals surface area contributed by atoms with E-state index in [0.717, 1.165) is 10.8 Å². The van der Waals surface area contributed by atoms with Gasteiger partial charge in [0.2, 0.25) is 0 Å². The number of carbonyl (C=O) groups is 1. The standard InChI is InChI=1S/C17H9BrClFO/c18-14-9-8-13(16(20)15(14)19)17(21)12-7-3-5-10-4-1-2-6-11(10)12/h1-9H. The predicted molar refractivity (Wildman–Crippen MR) is 86.5 cm³/mol. The Kier molecular flexibility index (Phi) is 3.79. The minimum Gasteiger partial charge on any atom is -0.288 e. The van der Waals surface area contributed by atoms with E-state index in [0.29, 0.717) is 10.0 Å². The fourth-order valence-electron chi connectivity index (χ4n) is 2.27. The zero-order valence-electron chi connectivity index (χ0n) is 10.7. The van der Waals surface area contributed by atoms with E-state index in [4.69, 9.17) is 11.6 Å². The average Bonchev–Trinajstić information content (AvgIpc) is 2.51. The number of halogens is 3. The summed E-state index contributed by atoms with van der Waals surface area (Å²) in [5.74, 6) is -1.08. The van der Waals surface area contributed by atoms with Gasteiger partial charge in [-0.3, -0.25) is 4.79 Å². The SMILES string of the molecule is O=C(c1ccc(Br)c(Cl)c1F)c1cccc2ccccc12. The third-order valence-corrected chi connectivity index (χ3v) is 4.57. The van der Waals surface area contributed by atoms with Gasteiger partial charge in [0.15, 0.2) is 11.6 Å². The van der Waals surface area contributed by atoms with Gasteiger partial charge in [-0.15, -0.1) is 0 Å². The van der Waals surface area contributed by atoms with Crippen LogP contribution in [0.25, 0.3) is 10.8 Å². The van der Waals surface area contributed by atoms with Crippen LogP contribution in [0, 0.1) is 5.82 Å². The van der Waals surface area contributed by atoms with E-state index in [1.165, 1.54) is 6.07 Å². The van der Waals surface area contributed by atoms with Crippen molar-refractivity contribution in [1.29, 1.82) is 0 Å². The normalized spacial score (nSPS) is 10.8. The third-order valence-electron chi connectivity index (χ3n) is 3.31. The first kappa shape index (κ1) is 14.2. The van der Waals surface area contributed by atoms with Crippen LogP contribution >= 0.6 is 27.5 Å². The molecule has 3 aromatic rings. The third kappa shape index (κ3) is 2.47. The molecular formula is C17H9BrClFO. The maximum Gasteiger partial charge on any atom is 0.196 e. The van der Waals surface area contributed by atoms with E-state index in [-0.39, 0.29) is 16.4 Å². The molecule has 4 heteroatoms. The molecule has 0 amide bonds. The molecule has 3 aromatic carbocycles. The van der Waals surface area contributed by atoms with Gasteiger partial charge in [0.05, 0.1) is 10.6 Å². The Morgan fingerprint density at radius 2 is 1.67 bits per heavy atom. The molecule has 0 saturated heterocycles. The summed E-state index contributed by atoms with van der Waals surface area (Å²) in [5, 5.41) is 1.65. The Bertz CT molecular complexity index is 855. The van der Waals surface area contributed by atoms with Crippen molar-refractivity contribution in [2.24, 2.45) is 0 Å². The van der Waals surface area contributed by atoms with Crippen molar-refractivity contribution in [1.82, 2.24) is 0 Å². The van der Waals surface area contributed by atoms with Gasteiger partial charge in [-0.1, -0.05) is 54.1 Å². The number of fused-ring (bicyclic) bond motifs is 1. The summed E-state index contributed by atoms with van der Waals surface area (Å²) in [6.07, 6.45) is 0. The molecule has 1 nitrogen and oxygen atoms in total. The first-order chi connectivity index (χ1) is 10.1. The highest BCUT2D eigenvalue weighted by Crippen LogP contribution is 2.30. The van der Waals surface area contributed by atoms with E-state index in [1.807, 2.05) is 30.3 Å². The molecule has 21 heavy (non-hydrogen) atoms. The molecule has 0 heterocycles. The Morgan fingerprint density at radius 3 is 2.48 bits per heavy atom. The molecule has 0 saturated carbocycles. The molecule has 0 N–H and O–H groups in total. The molecule has 0 aliphatic carbocycles. The van der Waals surface area contributed by atoms with Crippen LogP contribution < -0.4 is 0 Å². The second-order valence-corrected chi connectivity index (χ2v) is 5.81. The van der Waals surface area contributed by atoms with Crippen molar-refractivity contribution >= 4 is 44.1 Å². The maximum absolute atomic E-state index is 14.2. The van der Waals surface area contributed by atoms with Gasteiger partial charge in [0, 0.05) is 10.0 Å². The highest BCUT2D eigenvalue weighted by atomic mass is 79.9. The van der Waals surface area contributed by atoms with Crippen LogP contribution in [0.5, 0.6) is 0 Å². The molecule has 0 unspecified atom stereocenters. The summed E-state index contributed by atoms with van der Waals surface area (Å²) >= 11 is 9.00. The van der Waals surface area contributed by atoms with E-state index in [1.54, 1.807) is 18.2 Å². The largest absolute Gasteiger partial charge is 0.288 e. The van der Waals surface area contributed by atoms with Gasteiger partial charge in [0.1, 0.15) is 0 Å². The van der Waals surface area contributed by atoms with Gasteiger partial charge in [-0.2, -0.15) is 0 Å². The Morgan fingerprint density at radius 1 is 0.952 bits per heavy atom. The first-order valence-corrected chi connectivity index (χ1v) is 7.42. The lowest BCUT2D eigenvalue weighted by molar-refractivity contribution is 0.103. The molecule has 0 spiro atoms. The first-order valence-electron chi connectivity index (χ1n) is 6.25. The molecule has 0 aliphatic heterocycles. The molecule has 0 bridgehead atoms. The summed E-state index contributed by atoms with van der Waals surface area (Å²) in [5.41, 5.74) is 0.435. The molecule has 0 atom stereocenters. The Hall–Kier alpha value is -1.71. The summed E-state index contributed by atoms with van der Waals surface area (Å²) in [7, 11) is 0. The van der Waals surface area contributed by atoms with Gasteiger partial charge in [-0.25, -0.2) is 4.39 Å². The number of carbonyl (C=O) groups excluding carboxylic acids is 1. The molecule has 0 radical (unpaired) electrons. The summed E-state index contributed by atoms with van der Waals surface area (Å²) in [6, 6.07) is 15.9. The van der Waals surface area contributed by atoms with E-state index in [9.17, 15) is 9.18 Å². The van der Waals surface area contributed by atoms with Gasteiger partial charge < -0.3 is 0 Å². The second kappa shape index (κ2) is 5.58. The lowest BCUT2D eigenvalue weighted by atomic mass is 9.97. The number of benzene rings is 3. The highest BCUT2D eigenvalue weighted by molar-refractivity contribution is 9.10. The van der Waals surface area contributed by atoms with Gasteiger partial charge in [-0.05, 0) is 38.8 Å². The predicted octanol–water partition coefficient (Wildman–Crippen LogP) is 5.63. The van der Waals surface area contributed by atoms with Crippen molar-refractivity contribution in [3.05, 3.63) is 81.0 Å². The number of hydrogen-bond donors (Lipinski definition) is 0. The molecule has 0 aromatic heterocycles. The Labute approximate surface area is 134 Å². The monoisotopic (exact) mass is 362 g/mol. The molecular weight excluding hydrogens is 355 g/mol. The molecule has 104 valence electrons. The summed E-state index contributed by atoms with van der Waals surface area (Å²) in [6.45, 7) is 0. The fraction of sp³-hybridized carbons (Fsp3) is 0. The van der Waals surface area contributed by atoms with Crippen LogP contribution in [0.1, 0.15) is 15.9 Å².